The smallest absolute Gasteiger partial charge is 0.336 e. The van der Waals surface area contributed by atoms with Crippen LogP contribution in [-0.4, -0.2) is 18.5 Å². The molecule has 3 aromatic rings. The van der Waals surface area contributed by atoms with Gasteiger partial charge < -0.3 is 9.47 Å². The van der Waals surface area contributed by atoms with Gasteiger partial charge in [-0.05, 0) is 42.0 Å². The van der Waals surface area contributed by atoms with E-state index in [2.05, 4.69) is 0 Å². The molecule has 166 valence electrons. The monoisotopic (exact) mass is 463 g/mol. The Morgan fingerprint density at radius 2 is 1.82 bits per heavy atom. The molecule has 2 aliphatic heterocycles. The van der Waals surface area contributed by atoms with Crippen LogP contribution in [0.4, 0.5) is 10.1 Å². The van der Waals surface area contributed by atoms with E-state index in [4.69, 9.17) is 21.1 Å². The van der Waals surface area contributed by atoms with E-state index in [1.165, 1.54) is 11.0 Å². The minimum atomic E-state index is -0.422. The second-order valence-corrected chi connectivity index (χ2v) is 8.29. The van der Waals surface area contributed by atoms with Crippen molar-refractivity contribution in [1.29, 1.82) is 0 Å². The van der Waals surface area contributed by atoms with Crippen molar-refractivity contribution in [2.75, 3.05) is 11.5 Å². The maximum Gasteiger partial charge on any atom is 0.336 e. The van der Waals surface area contributed by atoms with Crippen LogP contribution < -0.4 is 9.64 Å². The number of esters is 1. The summed E-state index contributed by atoms with van der Waals surface area (Å²) in [5, 5.41) is 0.501. The van der Waals surface area contributed by atoms with Crippen molar-refractivity contribution in [2.45, 2.75) is 18.9 Å². The second-order valence-electron chi connectivity index (χ2n) is 7.85. The van der Waals surface area contributed by atoms with E-state index in [0.717, 1.165) is 5.56 Å². The highest BCUT2D eigenvalue weighted by Gasteiger charge is 2.43. The average molecular weight is 464 g/mol. The van der Waals surface area contributed by atoms with Gasteiger partial charge in [-0.2, -0.15) is 0 Å². The topological polar surface area (TPSA) is 55.8 Å². The fourth-order valence-electron chi connectivity index (χ4n) is 4.23. The molecule has 33 heavy (non-hydrogen) atoms. The van der Waals surface area contributed by atoms with Gasteiger partial charge in [0.2, 0.25) is 5.91 Å². The van der Waals surface area contributed by atoms with Gasteiger partial charge in [-0.15, -0.1) is 0 Å². The summed E-state index contributed by atoms with van der Waals surface area (Å²) in [6.07, 6.45) is 0.121. The van der Waals surface area contributed by atoms with E-state index in [1.807, 2.05) is 12.1 Å². The Morgan fingerprint density at radius 3 is 2.58 bits per heavy atom. The first-order valence-corrected chi connectivity index (χ1v) is 10.8. The largest absolute Gasteiger partial charge is 0.489 e. The highest BCUT2D eigenvalue weighted by Crippen LogP contribution is 2.42. The van der Waals surface area contributed by atoms with Crippen molar-refractivity contribution in [3.63, 3.8) is 0 Å². The maximum atomic E-state index is 13.8. The highest BCUT2D eigenvalue weighted by atomic mass is 35.5. The molecule has 0 aliphatic carbocycles. The molecule has 1 atom stereocenters. The first-order valence-electron chi connectivity index (χ1n) is 10.5. The number of hydrogen-bond donors (Lipinski definition) is 0. The molecule has 0 spiro atoms. The number of amides is 1. The summed E-state index contributed by atoms with van der Waals surface area (Å²) in [5.41, 5.74) is 2.90. The molecule has 5 rings (SSSR count). The molecule has 1 amide bonds. The van der Waals surface area contributed by atoms with Crippen LogP contribution in [0.5, 0.6) is 5.75 Å². The maximum absolute atomic E-state index is 13.8. The second kappa shape index (κ2) is 8.71. The van der Waals surface area contributed by atoms with Crippen molar-refractivity contribution in [3.05, 3.63) is 106 Å². The summed E-state index contributed by atoms with van der Waals surface area (Å²) in [4.78, 5) is 27.2. The summed E-state index contributed by atoms with van der Waals surface area (Å²) in [7, 11) is 0. The Kier molecular flexibility index (Phi) is 5.60. The van der Waals surface area contributed by atoms with Gasteiger partial charge in [0.05, 0.1) is 17.0 Å². The lowest BCUT2D eigenvalue weighted by atomic mass is 9.84. The van der Waals surface area contributed by atoms with Gasteiger partial charge in [0.25, 0.3) is 0 Å². The molecule has 0 aromatic heterocycles. The third-order valence-electron chi connectivity index (χ3n) is 5.82. The molecule has 1 unspecified atom stereocenters. The molecular weight excluding hydrogens is 445 g/mol. The lowest BCUT2D eigenvalue weighted by molar-refractivity contribution is -0.136. The Bertz CT molecular complexity index is 1270. The molecule has 0 radical (unpaired) electrons. The number of carbonyl (C=O) groups excluding carboxylic acids is 2. The molecular formula is C26H19ClFNO4. The van der Waals surface area contributed by atoms with Gasteiger partial charge in [-0.25, -0.2) is 9.18 Å². The number of rotatable bonds is 5. The third-order valence-corrected chi connectivity index (χ3v) is 6.05. The van der Waals surface area contributed by atoms with Gasteiger partial charge in [-0.3, -0.25) is 9.69 Å². The van der Waals surface area contributed by atoms with Crippen LogP contribution in [-0.2, 0) is 20.9 Å². The van der Waals surface area contributed by atoms with Gasteiger partial charge in [-0.1, -0.05) is 48.0 Å². The Morgan fingerprint density at radius 1 is 1.03 bits per heavy atom. The van der Waals surface area contributed by atoms with Crippen LogP contribution in [0.25, 0.3) is 0 Å². The molecule has 3 aromatic carbocycles. The van der Waals surface area contributed by atoms with Gasteiger partial charge in [0, 0.05) is 22.9 Å². The lowest BCUT2D eigenvalue weighted by Gasteiger charge is -2.32. The van der Waals surface area contributed by atoms with E-state index in [9.17, 15) is 14.0 Å². The number of ether oxygens (including phenoxy) is 2. The number of nitrogens with zero attached hydrogens (tertiary/aromatic N) is 1. The zero-order chi connectivity index (χ0) is 22.9. The number of halogens is 2. The zero-order valence-corrected chi connectivity index (χ0v) is 18.2. The minimum absolute atomic E-state index is 0.0345. The van der Waals surface area contributed by atoms with E-state index >= 15 is 0 Å². The molecule has 2 heterocycles. The van der Waals surface area contributed by atoms with Crippen molar-refractivity contribution >= 4 is 29.2 Å². The quantitative estimate of drug-likeness (QED) is 0.476. The van der Waals surface area contributed by atoms with Gasteiger partial charge in [0.15, 0.2) is 0 Å². The third kappa shape index (κ3) is 4.10. The SMILES string of the molecule is O=C1OCC2=C1C(c1ccc(OCc3ccccc3F)cc1)CC(=O)N2c1cccc(Cl)c1. The van der Waals surface area contributed by atoms with Crippen molar-refractivity contribution < 1.29 is 23.5 Å². The number of anilines is 1. The molecule has 2 aliphatic rings. The molecule has 0 N–H and O–H groups in total. The number of cyclic esters (lactones) is 1. The normalized spacial score (nSPS) is 17.8. The summed E-state index contributed by atoms with van der Waals surface area (Å²) in [5.74, 6) is -0.738. The summed E-state index contributed by atoms with van der Waals surface area (Å²) in [6, 6.07) is 20.5. The van der Waals surface area contributed by atoms with Crippen molar-refractivity contribution in [1.82, 2.24) is 0 Å². The summed E-state index contributed by atoms with van der Waals surface area (Å²) in [6.45, 7) is 0.136. The summed E-state index contributed by atoms with van der Waals surface area (Å²) < 4.78 is 24.8. The molecule has 0 fully saturated rings. The predicted octanol–water partition coefficient (Wildman–Crippen LogP) is 5.39. The Hall–Kier alpha value is -3.64. The fourth-order valence-corrected chi connectivity index (χ4v) is 4.41. The van der Waals surface area contributed by atoms with E-state index in [1.54, 1.807) is 54.6 Å². The standard InChI is InChI=1S/C26H19ClFNO4/c27-18-5-3-6-19(12-18)29-23-15-33-26(31)25(23)21(13-24(29)30)16-8-10-20(11-9-16)32-14-17-4-1-2-7-22(17)28/h1-12,21H,13-15H2. The number of benzene rings is 3. The molecule has 7 heteroatoms. The molecule has 0 bridgehead atoms. The van der Waals surface area contributed by atoms with Crippen molar-refractivity contribution in [2.24, 2.45) is 0 Å². The van der Waals surface area contributed by atoms with Crippen LogP contribution in [0.15, 0.2) is 84.1 Å². The fraction of sp³-hybridized carbons (Fsp3) is 0.154. The van der Waals surface area contributed by atoms with Crippen LogP contribution >= 0.6 is 11.6 Å². The molecule has 0 saturated heterocycles. The zero-order valence-electron chi connectivity index (χ0n) is 17.5. The van der Waals surface area contributed by atoms with E-state index in [0.29, 0.717) is 33.3 Å². The average Bonchev–Trinajstić information content (AvgIpc) is 3.19. The lowest BCUT2D eigenvalue weighted by Crippen LogP contribution is -2.37. The van der Waals surface area contributed by atoms with Gasteiger partial charge in [0.1, 0.15) is 24.8 Å². The Labute approximate surface area is 195 Å². The highest BCUT2D eigenvalue weighted by molar-refractivity contribution is 6.31. The predicted molar refractivity (Wildman–Crippen MR) is 121 cm³/mol. The first-order chi connectivity index (χ1) is 16.0. The molecule has 5 nitrogen and oxygen atoms in total. The summed E-state index contributed by atoms with van der Waals surface area (Å²) >= 11 is 6.11. The van der Waals surface area contributed by atoms with Crippen LogP contribution in [0.1, 0.15) is 23.5 Å². The Balaban J connectivity index is 1.41. The van der Waals surface area contributed by atoms with Crippen LogP contribution in [0.2, 0.25) is 5.02 Å². The number of carbonyl (C=O) groups is 2. The van der Waals surface area contributed by atoms with Crippen LogP contribution in [0.3, 0.4) is 0 Å². The van der Waals surface area contributed by atoms with Crippen LogP contribution in [0, 0.1) is 5.82 Å². The van der Waals surface area contributed by atoms with E-state index in [-0.39, 0.29) is 31.4 Å². The van der Waals surface area contributed by atoms with Crippen molar-refractivity contribution in [3.8, 4) is 5.75 Å². The number of hydrogen-bond acceptors (Lipinski definition) is 4. The minimum Gasteiger partial charge on any atom is -0.489 e. The molecule has 0 saturated carbocycles. The first kappa shape index (κ1) is 21.2. The van der Waals surface area contributed by atoms with Gasteiger partial charge >= 0.3 is 5.97 Å². The van der Waals surface area contributed by atoms with E-state index < -0.39 is 11.9 Å².